The fourth-order valence-electron chi connectivity index (χ4n) is 1.72. The van der Waals surface area contributed by atoms with Crippen molar-refractivity contribution in [3.8, 4) is 0 Å². The molecule has 90 valence electrons. The van der Waals surface area contributed by atoms with Crippen LogP contribution in [0.2, 0.25) is 5.02 Å². The molecular formula is C13H19BrClN. The second-order valence-corrected chi connectivity index (χ2v) is 5.30. The van der Waals surface area contributed by atoms with E-state index in [1.54, 1.807) is 0 Å². The first-order valence-corrected chi connectivity index (χ1v) is 7.01. The number of halogens is 2. The highest BCUT2D eigenvalue weighted by atomic mass is 79.9. The highest BCUT2D eigenvalue weighted by Gasteiger charge is 2.06. The van der Waals surface area contributed by atoms with Gasteiger partial charge in [-0.3, -0.25) is 0 Å². The molecule has 1 aromatic rings. The first kappa shape index (κ1) is 14.0. The number of nitrogens with one attached hydrogen (secondary N) is 1. The molecule has 1 rings (SSSR count). The zero-order chi connectivity index (χ0) is 12.0. The van der Waals surface area contributed by atoms with Crippen LogP contribution in [0, 0.1) is 0 Å². The van der Waals surface area contributed by atoms with E-state index in [9.17, 15) is 0 Å². The van der Waals surface area contributed by atoms with Crippen molar-refractivity contribution in [1.82, 2.24) is 5.32 Å². The molecule has 1 aromatic carbocycles. The van der Waals surface area contributed by atoms with Gasteiger partial charge in [-0.2, -0.15) is 0 Å². The highest BCUT2D eigenvalue weighted by Crippen LogP contribution is 2.21. The Morgan fingerprint density at radius 1 is 1.38 bits per heavy atom. The molecule has 0 heterocycles. The molecule has 0 amide bonds. The highest BCUT2D eigenvalue weighted by molar-refractivity contribution is 9.10. The molecule has 3 heteroatoms. The Labute approximate surface area is 112 Å². The van der Waals surface area contributed by atoms with E-state index in [-0.39, 0.29) is 0 Å². The fraction of sp³-hybridized carbons (Fsp3) is 0.538. The topological polar surface area (TPSA) is 12.0 Å². The molecule has 0 saturated heterocycles. The summed E-state index contributed by atoms with van der Waals surface area (Å²) in [6.45, 7) is 5.35. The van der Waals surface area contributed by atoms with Gasteiger partial charge in [-0.05, 0) is 30.5 Å². The van der Waals surface area contributed by atoms with Crippen molar-refractivity contribution in [3.63, 3.8) is 0 Å². The van der Waals surface area contributed by atoms with E-state index in [2.05, 4.69) is 41.2 Å². The Hall–Kier alpha value is -0.0500. The quantitative estimate of drug-likeness (QED) is 0.798. The van der Waals surface area contributed by atoms with Crippen LogP contribution in [0.4, 0.5) is 0 Å². The molecule has 1 N–H and O–H groups in total. The molecule has 0 aliphatic heterocycles. The smallest absolute Gasteiger partial charge is 0.0417 e. The molecule has 0 radical (unpaired) electrons. The normalized spacial score (nSPS) is 12.8. The van der Waals surface area contributed by atoms with Crippen molar-refractivity contribution in [2.75, 3.05) is 0 Å². The SMILES string of the molecule is CCCC(CC)NCc1ccc(Cl)cc1Br. The van der Waals surface area contributed by atoms with Gasteiger partial charge in [0.15, 0.2) is 0 Å². The van der Waals surface area contributed by atoms with Gasteiger partial charge in [0.2, 0.25) is 0 Å². The third kappa shape index (κ3) is 4.44. The Bertz CT molecular complexity index is 328. The number of benzene rings is 1. The predicted molar refractivity (Wildman–Crippen MR) is 75.0 cm³/mol. The average Bonchev–Trinajstić information content (AvgIpc) is 2.26. The maximum absolute atomic E-state index is 5.91. The van der Waals surface area contributed by atoms with Gasteiger partial charge in [0.1, 0.15) is 0 Å². The summed E-state index contributed by atoms with van der Waals surface area (Å²) in [6, 6.07) is 6.56. The standard InChI is InChI=1S/C13H19BrClN/c1-3-5-12(4-2)16-9-10-6-7-11(15)8-13(10)14/h6-8,12,16H,3-5,9H2,1-2H3. The number of hydrogen-bond donors (Lipinski definition) is 1. The van der Waals surface area contributed by atoms with Gasteiger partial charge in [0, 0.05) is 22.1 Å². The van der Waals surface area contributed by atoms with Crippen LogP contribution in [0.15, 0.2) is 22.7 Å². The van der Waals surface area contributed by atoms with Crippen LogP contribution < -0.4 is 5.32 Å². The van der Waals surface area contributed by atoms with Crippen LogP contribution in [-0.4, -0.2) is 6.04 Å². The Morgan fingerprint density at radius 2 is 2.12 bits per heavy atom. The lowest BCUT2D eigenvalue weighted by Gasteiger charge is -2.16. The minimum Gasteiger partial charge on any atom is -0.310 e. The monoisotopic (exact) mass is 303 g/mol. The molecule has 16 heavy (non-hydrogen) atoms. The number of rotatable bonds is 6. The second kappa shape index (κ2) is 7.31. The van der Waals surface area contributed by atoms with Crippen LogP contribution in [0.5, 0.6) is 0 Å². The summed E-state index contributed by atoms with van der Waals surface area (Å²) in [4.78, 5) is 0. The van der Waals surface area contributed by atoms with Crippen molar-refractivity contribution in [1.29, 1.82) is 0 Å². The van der Waals surface area contributed by atoms with E-state index < -0.39 is 0 Å². The molecular weight excluding hydrogens is 286 g/mol. The van der Waals surface area contributed by atoms with E-state index in [1.165, 1.54) is 24.8 Å². The van der Waals surface area contributed by atoms with E-state index in [0.29, 0.717) is 6.04 Å². The Balaban J connectivity index is 2.53. The van der Waals surface area contributed by atoms with Crippen molar-refractivity contribution in [2.45, 2.75) is 45.7 Å². The van der Waals surface area contributed by atoms with Crippen molar-refractivity contribution >= 4 is 27.5 Å². The van der Waals surface area contributed by atoms with Crippen LogP contribution in [0.25, 0.3) is 0 Å². The van der Waals surface area contributed by atoms with Gasteiger partial charge < -0.3 is 5.32 Å². The largest absolute Gasteiger partial charge is 0.310 e. The van der Waals surface area contributed by atoms with Gasteiger partial charge in [-0.25, -0.2) is 0 Å². The van der Waals surface area contributed by atoms with Crippen molar-refractivity contribution in [3.05, 3.63) is 33.3 Å². The Morgan fingerprint density at radius 3 is 2.69 bits per heavy atom. The third-order valence-corrected chi connectivity index (χ3v) is 3.70. The molecule has 0 aliphatic rings. The first-order valence-electron chi connectivity index (χ1n) is 5.84. The van der Waals surface area contributed by atoms with E-state index in [0.717, 1.165) is 16.0 Å². The summed E-state index contributed by atoms with van der Waals surface area (Å²) in [7, 11) is 0. The van der Waals surface area contributed by atoms with E-state index in [1.807, 2.05) is 12.1 Å². The molecule has 1 atom stereocenters. The van der Waals surface area contributed by atoms with Crippen molar-refractivity contribution in [2.24, 2.45) is 0 Å². The summed E-state index contributed by atoms with van der Waals surface area (Å²) in [5.74, 6) is 0. The molecule has 0 fully saturated rings. The molecule has 0 spiro atoms. The summed E-state index contributed by atoms with van der Waals surface area (Å²) < 4.78 is 1.08. The maximum atomic E-state index is 5.91. The minimum atomic E-state index is 0.618. The Kier molecular flexibility index (Phi) is 6.40. The lowest BCUT2D eigenvalue weighted by atomic mass is 10.1. The molecule has 0 aliphatic carbocycles. The van der Waals surface area contributed by atoms with Crippen LogP contribution in [0.1, 0.15) is 38.7 Å². The van der Waals surface area contributed by atoms with Crippen molar-refractivity contribution < 1.29 is 0 Å². The van der Waals surface area contributed by atoms with E-state index >= 15 is 0 Å². The summed E-state index contributed by atoms with van der Waals surface area (Å²) in [5.41, 5.74) is 1.26. The predicted octanol–water partition coefficient (Wildman–Crippen LogP) is 4.77. The maximum Gasteiger partial charge on any atom is 0.0417 e. The van der Waals surface area contributed by atoms with Gasteiger partial charge in [0.05, 0.1) is 0 Å². The molecule has 0 saturated carbocycles. The summed E-state index contributed by atoms with van der Waals surface area (Å²) in [5, 5.41) is 4.35. The summed E-state index contributed by atoms with van der Waals surface area (Å²) in [6.07, 6.45) is 3.65. The van der Waals surface area contributed by atoms with Crippen LogP contribution >= 0.6 is 27.5 Å². The van der Waals surface area contributed by atoms with E-state index in [4.69, 9.17) is 11.6 Å². The van der Waals surface area contributed by atoms with Crippen LogP contribution in [-0.2, 0) is 6.54 Å². The molecule has 0 aromatic heterocycles. The van der Waals surface area contributed by atoms with Gasteiger partial charge in [0.25, 0.3) is 0 Å². The minimum absolute atomic E-state index is 0.618. The molecule has 1 nitrogen and oxygen atoms in total. The first-order chi connectivity index (χ1) is 7.67. The zero-order valence-corrected chi connectivity index (χ0v) is 12.2. The van der Waals surface area contributed by atoms with Gasteiger partial charge >= 0.3 is 0 Å². The third-order valence-electron chi connectivity index (χ3n) is 2.73. The fourth-order valence-corrected chi connectivity index (χ4v) is 2.54. The lowest BCUT2D eigenvalue weighted by Crippen LogP contribution is -2.27. The zero-order valence-electron chi connectivity index (χ0n) is 9.89. The molecule has 0 bridgehead atoms. The lowest BCUT2D eigenvalue weighted by molar-refractivity contribution is 0.462. The second-order valence-electron chi connectivity index (χ2n) is 4.01. The van der Waals surface area contributed by atoms with Gasteiger partial charge in [-0.1, -0.05) is 53.9 Å². The average molecular weight is 305 g/mol. The number of hydrogen-bond acceptors (Lipinski definition) is 1. The summed E-state index contributed by atoms with van der Waals surface area (Å²) >= 11 is 9.44. The van der Waals surface area contributed by atoms with Gasteiger partial charge in [-0.15, -0.1) is 0 Å². The van der Waals surface area contributed by atoms with Crippen LogP contribution in [0.3, 0.4) is 0 Å². The molecule has 1 unspecified atom stereocenters.